The van der Waals surface area contributed by atoms with E-state index in [-0.39, 0.29) is 0 Å². The zero-order valence-corrected chi connectivity index (χ0v) is 27.2. The maximum Gasteiger partial charge on any atom is 0.245 e. The Balaban J connectivity index is 4.65. The van der Waals surface area contributed by atoms with Crippen LogP contribution in [0.3, 0.4) is 0 Å². The monoisotopic (exact) mass is 508 g/mol. The third-order valence-corrected chi connectivity index (χ3v) is 7.43. The molecule has 0 saturated carbocycles. The van der Waals surface area contributed by atoms with Crippen molar-refractivity contribution in [2.45, 2.75) is 126 Å². The van der Waals surface area contributed by atoms with Crippen molar-refractivity contribution in [3.8, 4) is 0 Å². The van der Waals surface area contributed by atoms with Crippen LogP contribution in [0.25, 0.3) is 0 Å². The zero-order valence-electron chi connectivity index (χ0n) is 25.2. The van der Waals surface area contributed by atoms with Gasteiger partial charge in [-0.1, -0.05) is 55.7 Å². The van der Waals surface area contributed by atoms with E-state index in [0.717, 1.165) is 38.5 Å². The van der Waals surface area contributed by atoms with Crippen molar-refractivity contribution in [1.29, 1.82) is 0 Å². The van der Waals surface area contributed by atoms with Gasteiger partial charge in [0.05, 0.1) is 19.8 Å². The summed E-state index contributed by atoms with van der Waals surface area (Å²) in [7, 11) is 0.705. The largest absolute Gasteiger partial charge is 0.332 e. The summed E-state index contributed by atoms with van der Waals surface area (Å²) in [5.74, 6) is 1.92. The van der Waals surface area contributed by atoms with Gasteiger partial charge < -0.3 is 14.2 Å². The van der Waals surface area contributed by atoms with Crippen LogP contribution in [0.4, 0.5) is 0 Å². The van der Waals surface area contributed by atoms with Gasteiger partial charge in [0, 0.05) is 0 Å². The molecule has 0 N–H and O–H groups in total. The van der Waals surface area contributed by atoms with Crippen molar-refractivity contribution in [1.82, 2.24) is 0 Å². The van der Waals surface area contributed by atoms with E-state index < -0.39 is 5.60 Å². The first kappa shape index (κ1) is 34.3. The van der Waals surface area contributed by atoms with Gasteiger partial charge in [-0.25, -0.2) is 0 Å². The average Bonchev–Trinajstić information content (AvgIpc) is 2.73. The Kier molecular flexibility index (Phi) is 20.0. The molecule has 3 unspecified atom stereocenters. The number of hydrogen-bond acceptors (Lipinski definition) is 3. The van der Waals surface area contributed by atoms with Crippen LogP contribution in [0.5, 0.6) is 0 Å². The summed E-state index contributed by atoms with van der Waals surface area (Å²) in [5, 5.41) is 0. The Morgan fingerprint density at radius 3 is 1.03 bits per heavy atom. The van der Waals surface area contributed by atoms with Gasteiger partial charge in [-0.05, 0) is 117 Å². The van der Waals surface area contributed by atoms with Gasteiger partial charge in [-0.2, -0.15) is 0 Å². The summed E-state index contributed by atoms with van der Waals surface area (Å²) in [6.07, 6.45) is 17.2. The summed E-state index contributed by atoms with van der Waals surface area (Å²) in [6, 6.07) is 0. The number of allylic oxidation sites excluding steroid dienone is 6. The highest BCUT2D eigenvalue weighted by Crippen LogP contribution is 2.20. The molecule has 0 aliphatic heterocycles. The van der Waals surface area contributed by atoms with E-state index in [9.17, 15) is 0 Å². The third kappa shape index (κ3) is 22.3. The first-order valence-electron chi connectivity index (χ1n) is 14.3. The Hall–Kier alpha value is -0.683. The molecule has 4 heteroatoms. The van der Waals surface area contributed by atoms with Gasteiger partial charge in [0.25, 0.3) is 0 Å². The molecule has 0 spiro atoms. The SMILES string of the molecule is CC(C)=CCCC(C)CCOC([SiH3])(OCCC(C)CCC=C(C)C)OCCC(C)CCC=C(C)C. The molecular weight excluding hydrogens is 448 g/mol. The van der Waals surface area contributed by atoms with E-state index in [0.29, 0.717) is 47.8 Å². The van der Waals surface area contributed by atoms with Crippen LogP contribution in [0.2, 0.25) is 0 Å². The van der Waals surface area contributed by atoms with Crippen LogP contribution in [-0.2, 0) is 14.2 Å². The minimum absolute atomic E-state index is 0.640. The summed E-state index contributed by atoms with van der Waals surface area (Å²) in [5.41, 5.74) is 3.38. The van der Waals surface area contributed by atoms with Crippen molar-refractivity contribution < 1.29 is 14.2 Å². The molecule has 0 aromatic carbocycles. The molecule has 3 atom stereocenters. The molecule has 206 valence electrons. The van der Waals surface area contributed by atoms with E-state index in [2.05, 4.69) is 80.5 Å². The average molecular weight is 509 g/mol. The maximum atomic E-state index is 6.30. The lowest BCUT2D eigenvalue weighted by molar-refractivity contribution is -0.327. The van der Waals surface area contributed by atoms with Crippen molar-refractivity contribution in [2.24, 2.45) is 17.8 Å². The van der Waals surface area contributed by atoms with E-state index in [4.69, 9.17) is 14.2 Å². The molecule has 0 rings (SSSR count). The molecule has 0 aromatic rings. The highest BCUT2D eigenvalue weighted by atomic mass is 28.1. The zero-order chi connectivity index (χ0) is 26.7. The normalized spacial score (nSPS) is 15.7. The van der Waals surface area contributed by atoms with Crippen LogP contribution in [0, 0.1) is 17.8 Å². The molecule has 35 heavy (non-hydrogen) atoms. The fraction of sp³-hybridized carbons (Fsp3) is 0.806. The van der Waals surface area contributed by atoms with Crippen molar-refractivity contribution in [2.75, 3.05) is 19.8 Å². The molecule has 0 heterocycles. The van der Waals surface area contributed by atoms with Crippen LogP contribution in [-0.4, -0.2) is 35.7 Å². The van der Waals surface area contributed by atoms with E-state index in [1.54, 1.807) is 0 Å². The third-order valence-electron chi connectivity index (χ3n) is 6.56. The lowest BCUT2D eigenvalue weighted by atomic mass is 10.0. The van der Waals surface area contributed by atoms with Gasteiger partial charge in [0.1, 0.15) is 10.2 Å². The second-order valence-electron chi connectivity index (χ2n) is 11.7. The first-order chi connectivity index (χ1) is 16.4. The number of rotatable bonds is 21. The fourth-order valence-electron chi connectivity index (χ4n) is 3.86. The molecule has 0 bridgehead atoms. The van der Waals surface area contributed by atoms with Crippen LogP contribution in [0.1, 0.15) is 120 Å². The van der Waals surface area contributed by atoms with Gasteiger partial charge in [0.15, 0.2) is 0 Å². The molecule has 0 aliphatic rings. The smallest absolute Gasteiger partial charge is 0.245 e. The minimum Gasteiger partial charge on any atom is -0.332 e. The Labute approximate surface area is 222 Å². The second kappa shape index (κ2) is 20.4. The van der Waals surface area contributed by atoms with Gasteiger partial charge in [-0.3, -0.25) is 0 Å². The van der Waals surface area contributed by atoms with Crippen LogP contribution < -0.4 is 0 Å². The molecule has 0 amide bonds. The van der Waals surface area contributed by atoms with Gasteiger partial charge >= 0.3 is 0 Å². The number of hydrogen-bond donors (Lipinski definition) is 0. The van der Waals surface area contributed by atoms with E-state index in [1.807, 2.05) is 0 Å². The van der Waals surface area contributed by atoms with Gasteiger partial charge in [0.2, 0.25) is 5.60 Å². The Bertz CT molecular complexity index is 527. The van der Waals surface area contributed by atoms with E-state index in [1.165, 1.54) is 36.0 Å². The maximum absolute atomic E-state index is 6.30. The van der Waals surface area contributed by atoms with Crippen LogP contribution >= 0.6 is 0 Å². The van der Waals surface area contributed by atoms with Crippen molar-refractivity contribution in [3.63, 3.8) is 0 Å². The predicted octanol–water partition coefficient (Wildman–Crippen LogP) is 8.33. The standard InChI is InChI=1S/C31H60O3Si/c1-25(2)13-10-16-28(7)19-22-32-31(35,33-23-20-29(8)17-11-14-26(3)4)34-24-21-30(9)18-12-15-27(5)6/h13-15,28-30H,10-12,16-24H2,1-9,35H3. The highest BCUT2D eigenvalue weighted by molar-refractivity contribution is 6.12. The summed E-state index contributed by atoms with van der Waals surface area (Å²) >= 11 is 0. The second-order valence-corrected chi connectivity index (χ2v) is 12.9. The molecule has 0 aromatic heterocycles. The first-order valence-corrected chi connectivity index (χ1v) is 15.3. The van der Waals surface area contributed by atoms with Crippen LogP contribution in [0.15, 0.2) is 34.9 Å². The van der Waals surface area contributed by atoms with Crippen molar-refractivity contribution >= 4 is 10.2 Å². The molecule has 3 nitrogen and oxygen atoms in total. The van der Waals surface area contributed by atoms with E-state index >= 15 is 0 Å². The topological polar surface area (TPSA) is 27.7 Å². The van der Waals surface area contributed by atoms with Crippen molar-refractivity contribution in [3.05, 3.63) is 34.9 Å². The molecule has 0 fully saturated rings. The quantitative estimate of drug-likeness (QED) is 0.0886. The predicted molar refractivity (Wildman–Crippen MR) is 158 cm³/mol. The Morgan fingerprint density at radius 2 is 0.800 bits per heavy atom. The molecule has 0 aliphatic carbocycles. The highest BCUT2D eigenvalue weighted by Gasteiger charge is 2.27. The molecule has 0 radical (unpaired) electrons. The minimum atomic E-state index is -0.821. The fourth-order valence-corrected chi connectivity index (χ4v) is 4.48. The summed E-state index contributed by atoms with van der Waals surface area (Å²) in [4.78, 5) is 0. The molecule has 0 saturated heterocycles. The summed E-state index contributed by atoms with van der Waals surface area (Å²) < 4.78 is 18.9. The molecular formula is C31H60O3Si. The van der Waals surface area contributed by atoms with Gasteiger partial charge in [-0.15, -0.1) is 0 Å². The lowest BCUT2D eigenvalue weighted by Gasteiger charge is -2.32. The number of ether oxygens (including phenoxy) is 3. The lowest BCUT2D eigenvalue weighted by Crippen LogP contribution is -2.41. The Morgan fingerprint density at radius 1 is 0.543 bits per heavy atom. The summed E-state index contributed by atoms with van der Waals surface area (Å²) in [6.45, 7) is 22.1.